The highest BCUT2D eigenvalue weighted by Crippen LogP contribution is 2.53. The second kappa shape index (κ2) is 3.80. The van der Waals surface area contributed by atoms with Crippen LogP contribution in [0.4, 0.5) is 0 Å². The molecule has 4 atom stereocenters. The summed E-state index contributed by atoms with van der Waals surface area (Å²) < 4.78 is 5.24. The number of carbonyl (C=O) groups is 2. The van der Waals surface area contributed by atoms with E-state index in [1.807, 2.05) is 0 Å². The van der Waals surface area contributed by atoms with Crippen molar-refractivity contribution in [1.82, 2.24) is 0 Å². The van der Waals surface area contributed by atoms with E-state index >= 15 is 0 Å². The lowest BCUT2D eigenvalue weighted by atomic mass is 9.53. The van der Waals surface area contributed by atoms with Gasteiger partial charge >= 0.3 is 0 Å². The standard InChI is InChI=1S/C15H18O5/c1-7-6-20-11-9(7)10(17)12-14(2,19)5-4-8(16)15(12,3)13(11)18/h6,8,12,16,19H,4-5H2,1-3H3/t8-,12+,14-,15+/m1/s1. The molecule has 0 saturated heterocycles. The Morgan fingerprint density at radius 2 is 2.00 bits per heavy atom. The maximum Gasteiger partial charge on any atom is 0.208 e. The van der Waals surface area contributed by atoms with E-state index in [0.717, 1.165) is 0 Å². The molecule has 0 radical (unpaired) electrons. The van der Waals surface area contributed by atoms with E-state index in [1.54, 1.807) is 20.8 Å². The number of Topliss-reactive ketones (excluding diaryl/α,β-unsaturated/α-hetero) is 2. The van der Waals surface area contributed by atoms with Crippen LogP contribution < -0.4 is 0 Å². The average molecular weight is 278 g/mol. The van der Waals surface area contributed by atoms with Crippen molar-refractivity contribution in [3.05, 3.63) is 23.2 Å². The van der Waals surface area contributed by atoms with E-state index in [-0.39, 0.29) is 23.5 Å². The van der Waals surface area contributed by atoms with Crippen LogP contribution in [0, 0.1) is 18.3 Å². The zero-order valence-electron chi connectivity index (χ0n) is 11.8. The van der Waals surface area contributed by atoms with Crippen molar-refractivity contribution < 1.29 is 24.2 Å². The van der Waals surface area contributed by atoms with Crippen molar-refractivity contribution in [1.29, 1.82) is 0 Å². The number of aryl methyl sites for hydroxylation is 1. The number of rotatable bonds is 0. The summed E-state index contributed by atoms with van der Waals surface area (Å²) in [6.07, 6.45) is 0.999. The van der Waals surface area contributed by atoms with Gasteiger partial charge in [0.15, 0.2) is 11.5 Å². The Labute approximate surface area is 116 Å². The first-order valence-corrected chi connectivity index (χ1v) is 6.79. The fourth-order valence-corrected chi connectivity index (χ4v) is 3.86. The molecule has 0 unspecified atom stereocenters. The van der Waals surface area contributed by atoms with Crippen molar-refractivity contribution in [2.45, 2.75) is 45.3 Å². The third-order valence-electron chi connectivity index (χ3n) is 5.02. The fourth-order valence-electron chi connectivity index (χ4n) is 3.86. The van der Waals surface area contributed by atoms with E-state index in [1.165, 1.54) is 6.26 Å². The van der Waals surface area contributed by atoms with Gasteiger partial charge in [-0.15, -0.1) is 0 Å². The van der Waals surface area contributed by atoms with Crippen molar-refractivity contribution in [3.8, 4) is 0 Å². The quantitative estimate of drug-likeness (QED) is 0.750. The number of aliphatic hydroxyl groups is 2. The van der Waals surface area contributed by atoms with Crippen LogP contribution in [0.2, 0.25) is 0 Å². The summed E-state index contributed by atoms with van der Waals surface area (Å²) in [5.74, 6) is -1.62. The summed E-state index contributed by atoms with van der Waals surface area (Å²) in [5, 5.41) is 20.9. The molecule has 0 aromatic carbocycles. The first kappa shape index (κ1) is 13.5. The molecule has 0 spiro atoms. The Kier molecular flexibility index (Phi) is 2.57. The Balaban J connectivity index is 2.28. The Hall–Kier alpha value is -1.46. The topological polar surface area (TPSA) is 87.7 Å². The number of carbonyl (C=O) groups excluding carboxylic acids is 2. The molecule has 1 fully saturated rings. The highest BCUT2D eigenvalue weighted by Gasteiger charge is 2.64. The van der Waals surface area contributed by atoms with Gasteiger partial charge in [0.05, 0.1) is 34.9 Å². The Bertz CT molecular complexity index is 612. The van der Waals surface area contributed by atoms with E-state index in [0.29, 0.717) is 12.0 Å². The molecule has 1 aromatic heterocycles. The van der Waals surface area contributed by atoms with Crippen LogP contribution in [-0.4, -0.2) is 33.5 Å². The summed E-state index contributed by atoms with van der Waals surface area (Å²) >= 11 is 0. The largest absolute Gasteiger partial charge is 0.460 e. The molecule has 2 aliphatic rings. The normalized spacial score (nSPS) is 40.5. The minimum absolute atomic E-state index is 0.0167. The zero-order chi connectivity index (χ0) is 14.9. The monoisotopic (exact) mass is 278 g/mol. The van der Waals surface area contributed by atoms with Gasteiger partial charge in [-0.25, -0.2) is 0 Å². The van der Waals surface area contributed by atoms with Crippen LogP contribution in [0.15, 0.2) is 10.7 Å². The number of hydrogen-bond donors (Lipinski definition) is 2. The van der Waals surface area contributed by atoms with Crippen molar-refractivity contribution in [2.24, 2.45) is 11.3 Å². The summed E-state index contributed by atoms with van der Waals surface area (Å²) in [5.41, 5.74) is -1.78. The maximum absolute atomic E-state index is 12.8. The molecular weight excluding hydrogens is 260 g/mol. The molecule has 108 valence electrons. The molecule has 1 aromatic rings. The van der Waals surface area contributed by atoms with E-state index in [4.69, 9.17) is 4.42 Å². The number of furan rings is 1. The number of ketones is 2. The second-order valence-corrected chi connectivity index (χ2v) is 6.44. The predicted molar refractivity (Wildman–Crippen MR) is 69.6 cm³/mol. The number of fused-ring (bicyclic) bond motifs is 2. The van der Waals surface area contributed by atoms with Crippen molar-refractivity contribution in [2.75, 3.05) is 0 Å². The molecule has 5 heteroatoms. The van der Waals surface area contributed by atoms with Crippen LogP contribution in [0.5, 0.6) is 0 Å². The van der Waals surface area contributed by atoms with Gasteiger partial charge in [0, 0.05) is 0 Å². The van der Waals surface area contributed by atoms with Crippen LogP contribution >= 0.6 is 0 Å². The lowest BCUT2D eigenvalue weighted by molar-refractivity contribution is -0.117. The molecule has 5 nitrogen and oxygen atoms in total. The van der Waals surface area contributed by atoms with Gasteiger partial charge in [-0.1, -0.05) is 0 Å². The van der Waals surface area contributed by atoms with Gasteiger partial charge in [-0.2, -0.15) is 0 Å². The third-order valence-corrected chi connectivity index (χ3v) is 5.02. The molecule has 1 heterocycles. The first-order valence-electron chi connectivity index (χ1n) is 6.79. The van der Waals surface area contributed by atoms with Crippen LogP contribution in [0.25, 0.3) is 0 Å². The van der Waals surface area contributed by atoms with Gasteiger partial charge in [0.1, 0.15) is 0 Å². The number of hydrogen-bond acceptors (Lipinski definition) is 5. The molecular formula is C15H18O5. The molecule has 0 amide bonds. The van der Waals surface area contributed by atoms with E-state index < -0.39 is 28.8 Å². The molecule has 2 N–H and O–H groups in total. The summed E-state index contributed by atoms with van der Waals surface area (Å²) in [6, 6.07) is 0. The Morgan fingerprint density at radius 3 is 2.65 bits per heavy atom. The lowest BCUT2D eigenvalue weighted by Crippen LogP contribution is -2.63. The molecule has 2 aliphatic carbocycles. The van der Waals surface area contributed by atoms with Crippen LogP contribution in [-0.2, 0) is 0 Å². The van der Waals surface area contributed by atoms with Gasteiger partial charge in [-0.3, -0.25) is 9.59 Å². The molecule has 1 saturated carbocycles. The fraction of sp³-hybridized carbons (Fsp3) is 0.600. The van der Waals surface area contributed by atoms with Gasteiger partial charge in [0.2, 0.25) is 5.78 Å². The average Bonchev–Trinajstić information content (AvgIpc) is 2.74. The highest BCUT2D eigenvalue weighted by molar-refractivity contribution is 6.17. The lowest BCUT2D eigenvalue weighted by Gasteiger charge is -2.51. The minimum atomic E-state index is -1.32. The van der Waals surface area contributed by atoms with Gasteiger partial charge in [0.25, 0.3) is 0 Å². The van der Waals surface area contributed by atoms with Crippen molar-refractivity contribution in [3.63, 3.8) is 0 Å². The van der Waals surface area contributed by atoms with Gasteiger partial charge in [-0.05, 0) is 39.2 Å². The Morgan fingerprint density at radius 1 is 1.35 bits per heavy atom. The minimum Gasteiger partial charge on any atom is -0.460 e. The summed E-state index contributed by atoms with van der Waals surface area (Å²) in [4.78, 5) is 25.5. The predicted octanol–water partition coefficient (Wildman–Crippen LogP) is 1.50. The smallest absolute Gasteiger partial charge is 0.208 e. The first-order chi connectivity index (χ1) is 9.21. The van der Waals surface area contributed by atoms with Crippen molar-refractivity contribution >= 4 is 11.6 Å². The summed E-state index contributed by atoms with van der Waals surface area (Å²) in [6.45, 7) is 4.81. The van der Waals surface area contributed by atoms with E-state index in [9.17, 15) is 19.8 Å². The summed E-state index contributed by atoms with van der Waals surface area (Å²) in [7, 11) is 0. The molecule has 20 heavy (non-hydrogen) atoms. The highest BCUT2D eigenvalue weighted by atomic mass is 16.3. The molecule has 0 bridgehead atoms. The molecule has 3 rings (SSSR count). The zero-order valence-corrected chi connectivity index (χ0v) is 11.8. The van der Waals surface area contributed by atoms with E-state index in [2.05, 4.69) is 0 Å². The van der Waals surface area contributed by atoms with Gasteiger partial charge < -0.3 is 14.6 Å². The van der Waals surface area contributed by atoms with Crippen LogP contribution in [0.3, 0.4) is 0 Å². The molecule has 0 aliphatic heterocycles. The second-order valence-electron chi connectivity index (χ2n) is 6.44. The maximum atomic E-state index is 12.8. The number of aliphatic hydroxyl groups excluding tert-OH is 1. The SMILES string of the molecule is Cc1coc2c1C(=O)[C@@H]1[C@@](C)(C2=O)[C@H](O)CC[C@@]1(C)O. The van der Waals surface area contributed by atoms with Crippen LogP contribution in [0.1, 0.15) is 53.2 Å². The third kappa shape index (κ3) is 1.39.